The summed E-state index contributed by atoms with van der Waals surface area (Å²) in [5.41, 5.74) is 7.62. The molecule has 0 radical (unpaired) electrons. The highest BCUT2D eigenvalue weighted by Gasteiger charge is 2.25. The van der Waals surface area contributed by atoms with Gasteiger partial charge >= 0.3 is 0 Å². The summed E-state index contributed by atoms with van der Waals surface area (Å²) in [5.74, 6) is 0. The normalized spacial score (nSPS) is 17.6. The molecule has 0 aliphatic carbocycles. The number of sulfonamides is 1. The largest absolute Gasteiger partial charge is 0.326 e. The quantitative estimate of drug-likeness (QED) is 0.843. The van der Waals surface area contributed by atoms with Crippen LogP contribution >= 0.6 is 0 Å². The molecule has 2 rings (SSSR count). The minimum absolute atomic E-state index is 0.332. The highest BCUT2D eigenvalue weighted by Crippen LogP contribution is 2.20. The summed E-state index contributed by atoms with van der Waals surface area (Å²) in [7, 11) is -3.38. The molecule has 0 fully saturated rings. The first-order valence-corrected chi connectivity index (χ1v) is 7.43. The monoisotopic (exact) mass is 266 g/mol. The summed E-state index contributed by atoms with van der Waals surface area (Å²) >= 11 is 0. The summed E-state index contributed by atoms with van der Waals surface area (Å²) < 4.78 is 26.3. The van der Waals surface area contributed by atoms with E-state index in [1.165, 1.54) is 9.88 Å². The predicted molar refractivity (Wildman–Crippen MR) is 71.5 cm³/mol. The minimum atomic E-state index is -3.38. The molecule has 1 heterocycles. The Kier molecular flexibility index (Phi) is 3.85. The summed E-state index contributed by atoms with van der Waals surface area (Å²) in [6.07, 6.45) is 2.77. The summed E-state index contributed by atoms with van der Waals surface area (Å²) in [5, 5.41) is 0. The third-order valence-electron chi connectivity index (χ3n) is 3.17. The van der Waals surface area contributed by atoms with Crippen molar-refractivity contribution in [3.8, 4) is 0 Å². The summed E-state index contributed by atoms with van der Waals surface area (Å²) in [6, 6.07) is 6.85. The van der Waals surface area contributed by atoms with Gasteiger partial charge in [0.1, 0.15) is 0 Å². The molecule has 1 aromatic carbocycles. The maximum absolute atomic E-state index is 12.4. The first kappa shape index (κ1) is 13.3. The third kappa shape index (κ3) is 2.63. The zero-order valence-corrected chi connectivity index (χ0v) is 11.3. The van der Waals surface area contributed by atoms with Crippen LogP contribution in [0.1, 0.15) is 18.9 Å². The van der Waals surface area contributed by atoms with E-state index in [0.717, 1.165) is 12.0 Å². The van der Waals surface area contributed by atoms with Crippen LogP contribution in [0.2, 0.25) is 0 Å². The molecule has 18 heavy (non-hydrogen) atoms. The molecular weight excluding hydrogens is 248 g/mol. The SMILES string of the molecule is CC1=CCN(S(=O)(=O)c2cccc(CN)c2)CC1. The molecule has 0 atom stereocenters. The fourth-order valence-electron chi connectivity index (χ4n) is 1.95. The number of benzene rings is 1. The van der Waals surface area contributed by atoms with Gasteiger partial charge in [0.05, 0.1) is 4.90 Å². The van der Waals surface area contributed by atoms with Crippen LogP contribution < -0.4 is 5.73 Å². The lowest BCUT2D eigenvalue weighted by molar-refractivity contribution is 0.431. The summed E-state index contributed by atoms with van der Waals surface area (Å²) in [6.45, 7) is 3.39. The fourth-order valence-corrected chi connectivity index (χ4v) is 3.40. The second-order valence-electron chi connectivity index (χ2n) is 4.52. The standard InChI is InChI=1S/C13H18N2O2S/c1-11-5-7-15(8-6-11)18(16,17)13-4-2-3-12(9-13)10-14/h2-5,9H,6-8,10,14H2,1H3. The Hall–Kier alpha value is -1.17. The molecule has 0 bridgehead atoms. The smallest absolute Gasteiger partial charge is 0.243 e. The Morgan fingerprint density at radius 2 is 2.17 bits per heavy atom. The number of nitrogens with two attached hydrogens (primary N) is 1. The van der Waals surface area contributed by atoms with E-state index in [2.05, 4.69) is 0 Å². The topological polar surface area (TPSA) is 63.4 Å². The van der Waals surface area contributed by atoms with Gasteiger partial charge in [-0.1, -0.05) is 23.8 Å². The van der Waals surface area contributed by atoms with Crippen molar-refractivity contribution in [2.75, 3.05) is 13.1 Å². The van der Waals surface area contributed by atoms with Gasteiger partial charge in [-0.25, -0.2) is 8.42 Å². The minimum Gasteiger partial charge on any atom is -0.326 e. The number of rotatable bonds is 3. The van der Waals surface area contributed by atoms with Crippen molar-refractivity contribution in [1.82, 2.24) is 4.31 Å². The Balaban J connectivity index is 2.30. The highest BCUT2D eigenvalue weighted by atomic mass is 32.2. The molecule has 0 saturated heterocycles. The molecule has 0 amide bonds. The fraction of sp³-hybridized carbons (Fsp3) is 0.385. The van der Waals surface area contributed by atoms with Gasteiger partial charge in [0.25, 0.3) is 0 Å². The molecule has 0 spiro atoms. The van der Waals surface area contributed by atoms with E-state index >= 15 is 0 Å². The van der Waals surface area contributed by atoms with E-state index in [1.54, 1.807) is 18.2 Å². The van der Waals surface area contributed by atoms with E-state index in [0.29, 0.717) is 24.5 Å². The van der Waals surface area contributed by atoms with Gasteiger partial charge in [0.15, 0.2) is 0 Å². The molecule has 0 aromatic heterocycles. The van der Waals surface area contributed by atoms with Crippen LogP contribution in [0.25, 0.3) is 0 Å². The lowest BCUT2D eigenvalue weighted by Gasteiger charge is -2.24. The van der Waals surface area contributed by atoms with E-state index < -0.39 is 10.0 Å². The molecule has 5 heteroatoms. The van der Waals surface area contributed by atoms with Crippen LogP contribution in [0.3, 0.4) is 0 Å². The van der Waals surface area contributed by atoms with Crippen molar-refractivity contribution in [2.45, 2.75) is 24.8 Å². The second-order valence-corrected chi connectivity index (χ2v) is 6.45. The lowest BCUT2D eigenvalue weighted by atomic mass is 10.1. The molecule has 98 valence electrons. The van der Waals surface area contributed by atoms with Crippen molar-refractivity contribution in [1.29, 1.82) is 0 Å². The van der Waals surface area contributed by atoms with Gasteiger partial charge in [-0.2, -0.15) is 4.31 Å². The van der Waals surface area contributed by atoms with Gasteiger partial charge in [-0.05, 0) is 31.0 Å². The van der Waals surface area contributed by atoms with E-state index in [-0.39, 0.29) is 0 Å². The first-order chi connectivity index (χ1) is 8.54. The molecule has 2 N–H and O–H groups in total. The predicted octanol–water partition coefficient (Wildman–Crippen LogP) is 1.49. The lowest BCUT2D eigenvalue weighted by Crippen LogP contribution is -2.34. The van der Waals surface area contributed by atoms with Gasteiger partial charge in [-0.15, -0.1) is 0 Å². The van der Waals surface area contributed by atoms with Gasteiger partial charge in [0.2, 0.25) is 10.0 Å². The molecular formula is C13H18N2O2S. The molecule has 0 unspecified atom stereocenters. The van der Waals surface area contributed by atoms with Crippen molar-refractivity contribution in [3.05, 3.63) is 41.5 Å². The number of hydrogen-bond donors (Lipinski definition) is 1. The first-order valence-electron chi connectivity index (χ1n) is 5.99. The highest BCUT2D eigenvalue weighted by molar-refractivity contribution is 7.89. The maximum atomic E-state index is 12.4. The molecule has 4 nitrogen and oxygen atoms in total. The summed E-state index contributed by atoms with van der Waals surface area (Å²) in [4.78, 5) is 0.332. The van der Waals surface area contributed by atoms with Gasteiger partial charge < -0.3 is 5.73 Å². The molecule has 1 aliphatic heterocycles. The zero-order valence-electron chi connectivity index (χ0n) is 10.5. The van der Waals surface area contributed by atoms with E-state index in [4.69, 9.17) is 5.73 Å². The third-order valence-corrected chi connectivity index (χ3v) is 5.03. The van der Waals surface area contributed by atoms with Crippen LogP contribution in [0.5, 0.6) is 0 Å². The van der Waals surface area contributed by atoms with Crippen molar-refractivity contribution in [2.24, 2.45) is 5.73 Å². The Morgan fingerprint density at radius 3 is 2.78 bits per heavy atom. The number of nitrogens with zero attached hydrogens (tertiary/aromatic N) is 1. The van der Waals surface area contributed by atoms with E-state index in [9.17, 15) is 8.42 Å². The second kappa shape index (κ2) is 5.22. The molecule has 1 aliphatic rings. The maximum Gasteiger partial charge on any atom is 0.243 e. The van der Waals surface area contributed by atoms with Gasteiger partial charge in [-0.3, -0.25) is 0 Å². The average Bonchev–Trinajstić information content (AvgIpc) is 2.39. The molecule has 1 aromatic rings. The Labute approximate surface area is 108 Å². The average molecular weight is 266 g/mol. The van der Waals surface area contributed by atoms with Crippen molar-refractivity contribution in [3.63, 3.8) is 0 Å². The number of hydrogen-bond acceptors (Lipinski definition) is 3. The van der Waals surface area contributed by atoms with Gasteiger partial charge in [0, 0.05) is 19.6 Å². The van der Waals surface area contributed by atoms with E-state index in [1.807, 2.05) is 19.1 Å². The van der Waals surface area contributed by atoms with Crippen LogP contribution in [-0.4, -0.2) is 25.8 Å². The van der Waals surface area contributed by atoms with Crippen LogP contribution in [-0.2, 0) is 16.6 Å². The molecule has 0 saturated carbocycles. The van der Waals surface area contributed by atoms with Crippen LogP contribution in [0.4, 0.5) is 0 Å². The zero-order chi connectivity index (χ0) is 13.2. The Morgan fingerprint density at radius 1 is 1.39 bits per heavy atom. The van der Waals surface area contributed by atoms with Crippen LogP contribution in [0, 0.1) is 0 Å². The van der Waals surface area contributed by atoms with Crippen molar-refractivity contribution < 1.29 is 8.42 Å². The van der Waals surface area contributed by atoms with Crippen molar-refractivity contribution >= 4 is 10.0 Å². The Bertz CT molecular complexity index is 564. The van der Waals surface area contributed by atoms with Crippen LogP contribution in [0.15, 0.2) is 40.8 Å².